The van der Waals surface area contributed by atoms with E-state index in [2.05, 4.69) is 53.8 Å². The monoisotopic (exact) mass is 580 g/mol. The third-order valence-corrected chi connectivity index (χ3v) is 6.09. The van der Waals surface area contributed by atoms with Gasteiger partial charge < -0.3 is 40.8 Å². The number of hydrogen-bond donors (Lipinski definition) is 3. The van der Waals surface area contributed by atoms with Crippen molar-refractivity contribution in [1.82, 2.24) is 4.90 Å². The number of nitrogens with two attached hydrogens (primary N) is 1. The number of rotatable bonds is 5. The van der Waals surface area contributed by atoms with Gasteiger partial charge in [-0.3, -0.25) is 5.41 Å². The Morgan fingerprint density at radius 3 is 1.42 bits per heavy atom. The summed E-state index contributed by atoms with van der Waals surface area (Å²) in [6.07, 6.45) is 0. The molecule has 4 N–H and O–H groups in total. The zero-order chi connectivity index (χ0) is 25.3. The molecule has 0 saturated carbocycles. The second-order valence-corrected chi connectivity index (χ2v) is 10.2. The normalized spacial score (nSPS) is 9.17. The summed E-state index contributed by atoms with van der Waals surface area (Å²) in [5.41, 5.74) is 8.38. The summed E-state index contributed by atoms with van der Waals surface area (Å²) in [7, 11) is 0. The summed E-state index contributed by atoms with van der Waals surface area (Å²) >= 11 is 11.6. The molecule has 0 heterocycles. The number of anilines is 1. The van der Waals surface area contributed by atoms with E-state index in [0.717, 1.165) is 18.8 Å². The van der Waals surface area contributed by atoms with Crippen LogP contribution in [0, 0.1) is 5.41 Å². The van der Waals surface area contributed by atoms with Crippen molar-refractivity contribution in [2.45, 2.75) is 13.1 Å². The van der Waals surface area contributed by atoms with E-state index < -0.39 is 0 Å². The van der Waals surface area contributed by atoms with Gasteiger partial charge in [-0.05, 0) is 23.3 Å². The predicted octanol–water partition coefficient (Wildman–Crippen LogP) is 6.02. The van der Waals surface area contributed by atoms with Gasteiger partial charge in [-0.2, -0.15) is 0 Å². The Balaban J connectivity index is 0.000000303. The summed E-state index contributed by atoms with van der Waals surface area (Å²) < 4.78 is 1.96. The standard InChI is InChI=1S/C15H15NS2.C7H9N3.C6H5.S.Zn/c17-15(18)16(11-13-7-3-1-4-8-13)12-14-9-5-2-6-10-14;8-7(9)10-6-4-2-1-3-5-6;1-2-4-6-5-3-1;;/h1-10H,11-12H2,(H,17,18);1-5H,(H4,8,9,10);1-5H;;/q;;;;+1/p-1. The van der Waals surface area contributed by atoms with Crippen LogP contribution in [0.15, 0.2) is 121 Å². The molecule has 0 aliphatic heterocycles. The van der Waals surface area contributed by atoms with Crippen LogP contribution in [0.1, 0.15) is 11.1 Å². The van der Waals surface area contributed by atoms with E-state index in [0.29, 0.717) is 4.32 Å². The molecule has 0 spiro atoms. The summed E-state index contributed by atoms with van der Waals surface area (Å²) in [5, 5.41) is 9.56. The molecule has 0 atom stereocenters. The first kappa shape index (κ1) is 31.3. The Morgan fingerprint density at radius 1 is 0.750 bits per heavy atom. The molecule has 0 unspecified atom stereocenters. The Hall–Kier alpha value is -2.77. The summed E-state index contributed by atoms with van der Waals surface area (Å²) in [5.74, 6) is -0.0359. The molecular weight excluding hydrogens is 554 g/mol. The number of guanidine groups is 1. The minimum atomic E-state index is -0.0359. The van der Waals surface area contributed by atoms with Crippen molar-refractivity contribution in [2.24, 2.45) is 5.73 Å². The first-order chi connectivity index (χ1) is 16.9. The number of thiocarbonyl (C=S) groups is 1. The first-order valence-electron chi connectivity index (χ1n) is 11.0. The molecule has 8 heteroatoms. The van der Waals surface area contributed by atoms with Crippen LogP contribution in [-0.4, -0.2) is 15.2 Å². The third kappa shape index (κ3) is 14.0. The van der Waals surface area contributed by atoms with Crippen LogP contribution >= 0.6 is 25.7 Å². The van der Waals surface area contributed by atoms with E-state index in [4.69, 9.17) is 36.0 Å². The van der Waals surface area contributed by atoms with Crippen molar-refractivity contribution in [3.8, 4) is 0 Å². The second kappa shape index (κ2) is 18.5. The van der Waals surface area contributed by atoms with Crippen LogP contribution in [0.5, 0.6) is 0 Å². The van der Waals surface area contributed by atoms with Crippen LogP contribution < -0.4 is 15.2 Å². The Bertz CT molecular complexity index is 1090. The van der Waals surface area contributed by atoms with Gasteiger partial charge in [0.05, 0.1) is 0 Å². The van der Waals surface area contributed by atoms with Gasteiger partial charge in [0.25, 0.3) is 0 Å². The second-order valence-electron chi connectivity index (χ2n) is 7.48. The number of nitrogens with one attached hydrogen (secondary N) is 2. The fourth-order valence-corrected chi connectivity index (χ4v) is 3.78. The maximum absolute atomic E-state index is 6.90. The van der Waals surface area contributed by atoms with Gasteiger partial charge in [-0.25, -0.2) is 0 Å². The third-order valence-electron chi connectivity index (χ3n) is 4.59. The van der Waals surface area contributed by atoms with Crippen LogP contribution in [-0.2, 0) is 44.0 Å². The van der Waals surface area contributed by atoms with Gasteiger partial charge in [0, 0.05) is 32.3 Å². The fourth-order valence-electron chi connectivity index (χ4n) is 2.95. The Morgan fingerprint density at radius 2 is 1.11 bits per heavy atom. The molecule has 4 rings (SSSR count). The van der Waals surface area contributed by atoms with Crippen LogP contribution in [0.25, 0.3) is 0 Å². The van der Waals surface area contributed by atoms with Crippen molar-refractivity contribution in [1.29, 1.82) is 5.41 Å². The molecule has 4 aromatic carbocycles. The van der Waals surface area contributed by atoms with E-state index in [9.17, 15) is 0 Å². The molecule has 0 amide bonds. The van der Waals surface area contributed by atoms with Crippen molar-refractivity contribution >= 4 is 58.5 Å². The zero-order valence-corrected chi connectivity index (χ0v) is 25.3. The molecule has 0 bridgehead atoms. The molecule has 180 valence electrons. The van der Waals surface area contributed by atoms with E-state index in [1.807, 2.05) is 77.7 Å². The molecule has 0 aliphatic rings. The molecule has 4 nitrogen and oxygen atoms in total. The van der Waals surface area contributed by atoms with Gasteiger partial charge in [-0.1, -0.05) is 83.2 Å². The van der Waals surface area contributed by atoms with Crippen LogP contribution in [0.3, 0.4) is 0 Å². The molecule has 0 aliphatic carbocycles. The van der Waals surface area contributed by atoms with Gasteiger partial charge >= 0.3 is 52.8 Å². The minimum absolute atomic E-state index is 0. The van der Waals surface area contributed by atoms with E-state index in [-0.39, 0.29) is 19.5 Å². The van der Waals surface area contributed by atoms with Crippen molar-refractivity contribution < 1.29 is 18.3 Å². The summed E-state index contributed by atoms with van der Waals surface area (Å²) in [6.45, 7) is 1.52. The van der Waals surface area contributed by atoms with Crippen molar-refractivity contribution in [3.63, 3.8) is 0 Å². The van der Waals surface area contributed by atoms with E-state index in [1.165, 1.54) is 33.6 Å². The van der Waals surface area contributed by atoms with Gasteiger partial charge in [0.15, 0.2) is 5.96 Å². The maximum atomic E-state index is 6.90. The number of benzene rings is 4. The molecule has 0 saturated heterocycles. The molecule has 0 aromatic heterocycles. The Labute approximate surface area is 242 Å². The van der Waals surface area contributed by atoms with Crippen molar-refractivity contribution in [2.75, 3.05) is 5.32 Å². The SMILES string of the molecule is N=C(N)Nc1ccccc1.S=C([S-])N(Cc1ccccc1)Cc1ccccc1.[S].[Zn+][c]1ccccc1. The molecule has 36 heavy (non-hydrogen) atoms. The first-order valence-corrected chi connectivity index (χ1v) is 13.3. The summed E-state index contributed by atoms with van der Waals surface area (Å²) in [4.78, 5) is 2.04. The molecule has 4 aromatic rings. The number of hydrogen-bond acceptors (Lipinski definition) is 3. The predicted molar refractivity (Wildman–Crippen MR) is 158 cm³/mol. The van der Waals surface area contributed by atoms with Gasteiger partial charge in [-0.15, -0.1) is 0 Å². The topological polar surface area (TPSA) is 65.1 Å². The Kier molecular flexibility index (Phi) is 16.1. The van der Waals surface area contributed by atoms with Crippen LogP contribution in [0.4, 0.5) is 5.69 Å². The fraction of sp³-hybridized carbons (Fsp3) is 0.0714. The zero-order valence-electron chi connectivity index (χ0n) is 19.9. The molecule has 0 fully saturated rings. The molecular formula is C28H28N4S3Zn. The molecule has 2 radical (unpaired) electrons. The van der Waals surface area contributed by atoms with E-state index >= 15 is 0 Å². The average Bonchev–Trinajstić information content (AvgIpc) is 2.86. The summed E-state index contributed by atoms with van der Waals surface area (Å²) in [6, 6.07) is 40.3. The quantitative estimate of drug-likeness (QED) is 0.0884. The van der Waals surface area contributed by atoms with E-state index in [1.54, 1.807) is 0 Å². The number of nitrogens with zero attached hydrogens (tertiary/aromatic N) is 1. The number of para-hydroxylation sites is 1. The van der Waals surface area contributed by atoms with Gasteiger partial charge in [0.2, 0.25) is 0 Å². The van der Waals surface area contributed by atoms with Gasteiger partial charge in [0.1, 0.15) is 0 Å². The van der Waals surface area contributed by atoms with Crippen molar-refractivity contribution in [3.05, 3.63) is 132 Å². The van der Waals surface area contributed by atoms with Crippen LogP contribution in [0.2, 0.25) is 0 Å². The average molecular weight is 582 g/mol.